The normalized spacial score (nSPS) is 10.5. The van der Waals surface area contributed by atoms with Gasteiger partial charge in [0.25, 0.3) is 0 Å². The van der Waals surface area contributed by atoms with Gasteiger partial charge in [-0.05, 0) is 24.3 Å². The van der Waals surface area contributed by atoms with Crippen molar-refractivity contribution in [1.82, 2.24) is 0 Å². The number of rotatable bonds is 5. The summed E-state index contributed by atoms with van der Waals surface area (Å²) in [5.74, 6) is 0.824. The highest BCUT2D eigenvalue weighted by atomic mass is 16.6. The fraction of sp³-hybridized carbons (Fsp3) is 0.200. The van der Waals surface area contributed by atoms with E-state index in [1.807, 2.05) is 0 Å². The highest BCUT2D eigenvalue weighted by molar-refractivity contribution is 5.91. The SMILES string of the molecule is COc1ccc(-c2cc(=O)c3c(OC)c(OC(C)=O)c(OC)cc3o2)cc1. The molecule has 0 saturated heterocycles. The Kier molecular flexibility index (Phi) is 5.03. The molecule has 0 unspecified atom stereocenters. The number of hydrogen-bond acceptors (Lipinski definition) is 7. The minimum atomic E-state index is -0.565. The van der Waals surface area contributed by atoms with Crippen molar-refractivity contribution in [2.45, 2.75) is 6.92 Å². The molecular weight excluding hydrogens is 352 g/mol. The zero-order chi connectivity index (χ0) is 19.6. The number of carbonyl (C=O) groups excluding carboxylic acids is 1. The minimum Gasteiger partial charge on any atom is -0.497 e. The fourth-order valence-electron chi connectivity index (χ4n) is 2.73. The van der Waals surface area contributed by atoms with Gasteiger partial charge in [-0.3, -0.25) is 9.59 Å². The molecule has 0 bridgehead atoms. The Morgan fingerprint density at radius 2 is 1.63 bits per heavy atom. The summed E-state index contributed by atoms with van der Waals surface area (Å²) in [4.78, 5) is 24.2. The van der Waals surface area contributed by atoms with E-state index in [1.165, 1.54) is 33.3 Å². The summed E-state index contributed by atoms with van der Waals surface area (Å²) < 4.78 is 26.8. The van der Waals surface area contributed by atoms with Crippen molar-refractivity contribution < 1.29 is 28.2 Å². The average Bonchev–Trinajstić information content (AvgIpc) is 2.67. The van der Waals surface area contributed by atoms with Crippen LogP contribution in [0.4, 0.5) is 0 Å². The molecule has 0 atom stereocenters. The van der Waals surface area contributed by atoms with Crippen LogP contribution >= 0.6 is 0 Å². The van der Waals surface area contributed by atoms with E-state index in [9.17, 15) is 9.59 Å². The Labute approximate surface area is 155 Å². The second kappa shape index (κ2) is 7.41. The predicted molar refractivity (Wildman–Crippen MR) is 98.9 cm³/mol. The first-order valence-electron chi connectivity index (χ1n) is 8.04. The van der Waals surface area contributed by atoms with Crippen LogP contribution in [0.5, 0.6) is 23.0 Å². The number of methoxy groups -OCH3 is 3. The van der Waals surface area contributed by atoms with Crippen molar-refractivity contribution in [3.8, 4) is 34.3 Å². The molecule has 0 aliphatic rings. The summed E-state index contributed by atoms with van der Waals surface area (Å²) in [6, 6.07) is 9.95. The van der Waals surface area contributed by atoms with Crippen molar-refractivity contribution in [3.63, 3.8) is 0 Å². The van der Waals surface area contributed by atoms with Gasteiger partial charge < -0.3 is 23.4 Å². The molecule has 0 radical (unpaired) electrons. The monoisotopic (exact) mass is 370 g/mol. The molecule has 3 aromatic rings. The molecule has 0 fully saturated rings. The second-order valence-electron chi connectivity index (χ2n) is 5.61. The molecule has 0 N–H and O–H groups in total. The van der Waals surface area contributed by atoms with Gasteiger partial charge >= 0.3 is 5.97 Å². The third-order valence-electron chi connectivity index (χ3n) is 3.94. The van der Waals surface area contributed by atoms with Gasteiger partial charge in [0, 0.05) is 24.6 Å². The highest BCUT2D eigenvalue weighted by Crippen LogP contribution is 2.43. The summed E-state index contributed by atoms with van der Waals surface area (Å²) in [6.07, 6.45) is 0. The summed E-state index contributed by atoms with van der Waals surface area (Å²) >= 11 is 0. The lowest BCUT2D eigenvalue weighted by Crippen LogP contribution is -2.08. The first-order chi connectivity index (χ1) is 13.0. The van der Waals surface area contributed by atoms with E-state index in [4.69, 9.17) is 23.4 Å². The van der Waals surface area contributed by atoms with Gasteiger partial charge in [0.15, 0.2) is 16.9 Å². The maximum absolute atomic E-state index is 12.8. The maximum Gasteiger partial charge on any atom is 0.308 e. The Balaban J connectivity index is 2.25. The molecule has 7 heteroatoms. The van der Waals surface area contributed by atoms with Crippen LogP contribution in [0.15, 0.2) is 45.6 Å². The van der Waals surface area contributed by atoms with Crippen molar-refractivity contribution >= 4 is 16.9 Å². The van der Waals surface area contributed by atoms with E-state index >= 15 is 0 Å². The average molecular weight is 370 g/mol. The van der Waals surface area contributed by atoms with Crippen LogP contribution in [0.2, 0.25) is 0 Å². The van der Waals surface area contributed by atoms with Crippen LogP contribution < -0.4 is 24.4 Å². The van der Waals surface area contributed by atoms with Gasteiger partial charge in [-0.15, -0.1) is 0 Å². The Hall–Kier alpha value is -3.48. The zero-order valence-corrected chi connectivity index (χ0v) is 15.3. The lowest BCUT2D eigenvalue weighted by atomic mass is 10.1. The number of hydrogen-bond donors (Lipinski definition) is 0. The van der Waals surface area contributed by atoms with Crippen LogP contribution in [0.1, 0.15) is 6.92 Å². The third-order valence-corrected chi connectivity index (χ3v) is 3.94. The molecule has 2 aromatic carbocycles. The van der Waals surface area contributed by atoms with Gasteiger partial charge in [-0.1, -0.05) is 0 Å². The molecule has 0 saturated carbocycles. The van der Waals surface area contributed by atoms with Gasteiger partial charge in [0.2, 0.25) is 5.75 Å². The van der Waals surface area contributed by atoms with E-state index in [-0.39, 0.29) is 33.6 Å². The summed E-state index contributed by atoms with van der Waals surface area (Å²) in [7, 11) is 4.36. The van der Waals surface area contributed by atoms with Crippen LogP contribution in [0.3, 0.4) is 0 Å². The van der Waals surface area contributed by atoms with Gasteiger partial charge in [-0.25, -0.2) is 0 Å². The maximum atomic E-state index is 12.8. The quantitative estimate of drug-likeness (QED) is 0.503. The predicted octanol–water partition coefficient (Wildman–Crippen LogP) is 3.41. The van der Waals surface area contributed by atoms with Crippen LogP contribution in [0.25, 0.3) is 22.3 Å². The summed E-state index contributed by atoms with van der Waals surface area (Å²) in [6.45, 7) is 1.25. The van der Waals surface area contributed by atoms with Gasteiger partial charge in [-0.2, -0.15) is 0 Å². The Morgan fingerprint density at radius 3 is 2.19 bits per heavy atom. The molecule has 140 valence electrons. The van der Waals surface area contributed by atoms with Crippen LogP contribution in [0, 0.1) is 0 Å². The molecule has 1 heterocycles. The van der Waals surface area contributed by atoms with Crippen LogP contribution in [-0.2, 0) is 4.79 Å². The number of carbonyl (C=O) groups is 1. The standard InChI is InChI=1S/C20H18O7/c1-11(21)26-19-17(24-3)10-16-18(20(19)25-4)14(22)9-15(27-16)12-5-7-13(23-2)8-6-12/h5-10H,1-4H3. The van der Waals surface area contributed by atoms with E-state index < -0.39 is 5.97 Å². The highest BCUT2D eigenvalue weighted by Gasteiger charge is 2.22. The topological polar surface area (TPSA) is 84.2 Å². The molecule has 1 aromatic heterocycles. The summed E-state index contributed by atoms with van der Waals surface area (Å²) in [5, 5.41) is 0.159. The van der Waals surface area contributed by atoms with Crippen molar-refractivity contribution in [3.05, 3.63) is 46.6 Å². The number of ether oxygens (including phenoxy) is 4. The first kappa shape index (κ1) is 18.3. The lowest BCUT2D eigenvalue weighted by molar-refractivity contribution is -0.132. The van der Waals surface area contributed by atoms with Crippen molar-refractivity contribution in [1.29, 1.82) is 0 Å². The Morgan fingerprint density at radius 1 is 0.926 bits per heavy atom. The minimum absolute atomic E-state index is 0.0319. The van der Waals surface area contributed by atoms with Crippen LogP contribution in [-0.4, -0.2) is 27.3 Å². The molecule has 0 spiro atoms. The van der Waals surface area contributed by atoms with E-state index in [0.29, 0.717) is 17.1 Å². The number of fused-ring (bicyclic) bond motifs is 1. The molecule has 3 rings (SSSR count). The Bertz CT molecular complexity index is 1050. The fourth-order valence-corrected chi connectivity index (χ4v) is 2.73. The number of benzene rings is 2. The first-order valence-corrected chi connectivity index (χ1v) is 8.04. The largest absolute Gasteiger partial charge is 0.497 e. The second-order valence-corrected chi connectivity index (χ2v) is 5.61. The van der Waals surface area contributed by atoms with E-state index in [1.54, 1.807) is 31.4 Å². The molecule has 7 nitrogen and oxygen atoms in total. The zero-order valence-electron chi connectivity index (χ0n) is 15.3. The molecule has 0 aliphatic heterocycles. The molecule has 27 heavy (non-hydrogen) atoms. The lowest BCUT2D eigenvalue weighted by Gasteiger charge is -2.14. The van der Waals surface area contributed by atoms with Crippen molar-refractivity contribution in [2.24, 2.45) is 0 Å². The number of esters is 1. The third kappa shape index (κ3) is 3.44. The molecule has 0 amide bonds. The van der Waals surface area contributed by atoms with Crippen molar-refractivity contribution in [2.75, 3.05) is 21.3 Å². The van der Waals surface area contributed by atoms with E-state index in [0.717, 1.165) is 0 Å². The smallest absolute Gasteiger partial charge is 0.308 e. The molecular formula is C20H18O7. The molecule has 0 aliphatic carbocycles. The summed E-state index contributed by atoms with van der Waals surface area (Å²) in [5.41, 5.74) is 0.615. The van der Waals surface area contributed by atoms with E-state index in [2.05, 4.69) is 0 Å². The van der Waals surface area contributed by atoms with Gasteiger partial charge in [0.05, 0.1) is 21.3 Å². The van der Waals surface area contributed by atoms with Gasteiger partial charge in [0.1, 0.15) is 22.5 Å².